The van der Waals surface area contributed by atoms with Crippen LogP contribution in [0.25, 0.3) is 0 Å². The van der Waals surface area contributed by atoms with E-state index in [2.05, 4.69) is 15.3 Å². The fourth-order valence-electron chi connectivity index (χ4n) is 1.46. The zero-order valence-electron chi connectivity index (χ0n) is 9.43. The standard InChI is InChI=1S/C12H11ClN4O/c13-10-5-11(17-7-16-10)15-6-8-2-1-3-9(4-8)12(14)18/h1-5,7H,6H2,(H2,14,18)(H,15,16,17). The lowest BCUT2D eigenvalue weighted by atomic mass is 10.1. The number of benzene rings is 1. The van der Waals surface area contributed by atoms with Crippen molar-refractivity contribution in [2.24, 2.45) is 5.73 Å². The van der Waals surface area contributed by atoms with Gasteiger partial charge in [0, 0.05) is 18.2 Å². The third-order valence-electron chi connectivity index (χ3n) is 2.32. The molecule has 0 unspecified atom stereocenters. The van der Waals surface area contributed by atoms with Crippen molar-refractivity contribution in [2.75, 3.05) is 5.32 Å². The number of carbonyl (C=O) groups excluding carboxylic acids is 1. The van der Waals surface area contributed by atoms with Crippen LogP contribution in [-0.4, -0.2) is 15.9 Å². The summed E-state index contributed by atoms with van der Waals surface area (Å²) in [5, 5.41) is 3.45. The maximum atomic E-state index is 11.0. The molecule has 1 aromatic carbocycles. The summed E-state index contributed by atoms with van der Waals surface area (Å²) < 4.78 is 0. The quantitative estimate of drug-likeness (QED) is 0.824. The summed E-state index contributed by atoms with van der Waals surface area (Å²) in [6.07, 6.45) is 1.38. The lowest BCUT2D eigenvalue weighted by molar-refractivity contribution is 0.1000. The summed E-state index contributed by atoms with van der Waals surface area (Å²) in [6.45, 7) is 0.522. The number of hydrogen-bond donors (Lipinski definition) is 2. The summed E-state index contributed by atoms with van der Waals surface area (Å²) in [7, 11) is 0. The highest BCUT2D eigenvalue weighted by molar-refractivity contribution is 6.29. The Morgan fingerprint density at radius 1 is 1.33 bits per heavy atom. The highest BCUT2D eigenvalue weighted by Crippen LogP contribution is 2.11. The first-order chi connectivity index (χ1) is 8.65. The first-order valence-corrected chi connectivity index (χ1v) is 5.63. The van der Waals surface area contributed by atoms with Gasteiger partial charge in [0.05, 0.1) is 0 Å². The molecule has 18 heavy (non-hydrogen) atoms. The van der Waals surface area contributed by atoms with Gasteiger partial charge in [0.2, 0.25) is 5.91 Å². The molecule has 0 saturated heterocycles. The first kappa shape index (κ1) is 12.3. The van der Waals surface area contributed by atoms with Crippen LogP contribution in [0.15, 0.2) is 36.7 Å². The number of aromatic nitrogens is 2. The molecule has 0 atom stereocenters. The normalized spacial score (nSPS) is 10.1. The maximum Gasteiger partial charge on any atom is 0.248 e. The van der Waals surface area contributed by atoms with Gasteiger partial charge in [0.1, 0.15) is 17.3 Å². The van der Waals surface area contributed by atoms with Crippen LogP contribution in [-0.2, 0) is 6.54 Å². The highest BCUT2D eigenvalue weighted by Gasteiger charge is 2.02. The van der Waals surface area contributed by atoms with Gasteiger partial charge in [-0.05, 0) is 17.7 Å². The Labute approximate surface area is 109 Å². The number of amides is 1. The number of nitrogens with two attached hydrogens (primary N) is 1. The molecular formula is C12H11ClN4O. The van der Waals surface area contributed by atoms with Gasteiger partial charge in [-0.25, -0.2) is 9.97 Å². The second-order valence-corrected chi connectivity index (χ2v) is 4.03. The van der Waals surface area contributed by atoms with Gasteiger partial charge in [0.25, 0.3) is 0 Å². The van der Waals surface area contributed by atoms with E-state index in [0.717, 1.165) is 5.56 Å². The summed E-state index contributed by atoms with van der Waals surface area (Å²) in [4.78, 5) is 18.8. The average Bonchev–Trinajstić information content (AvgIpc) is 2.37. The van der Waals surface area contributed by atoms with E-state index in [4.69, 9.17) is 17.3 Å². The zero-order chi connectivity index (χ0) is 13.0. The van der Waals surface area contributed by atoms with Crippen LogP contribution in [0.4, 0.5) is 5.82 Å². The molecule has 0 bridgehead atoms. The van der Waals surface area contributed by atoms with E-state index in [-0.39, 0.29) is 0 Å². The highest BCUT2D eigenvalue weighted by atomic mass is 35.5. The van der Waals surface area contributed by atoms with Crippen LogP contribution in [0.2, 0.25) is 5.15 Å². The van der Waals surface area contributed by atoms with Crippen LogP contribution < -0.4 is 11.1 Å². The number of halogens is 1. The van der Waals surface area contributed by atoms with E-state index in [1.807, 2.05) is 6.07 Å². The van der Waals surface area contributed by atoms with E-state index < -0.39 is 5.91 Å². The van der Waals surface area contributed by atoms with Gasteiger partial charge in [0.15, 0.2) is 0 Å². The van der Waals surface area contributed by atoms with E-state index >= 15 is 0 Å². The molecule has 0 aliphatic rings. The molecule has 0 fully saturated rings. The summed E-state index contributed by atoms with van der Waals surface area (Å²) in [5.41, 5.74) is 6.63. The second kappa shape index (κ2) is 5.46. The third kappa shape index (κ3) is 3.18. The van der Waals surface area contributed by atoms with Crippen molar-refractivity contribution in [2.45, 2.75) is 6.54 Å². The number of primary amides is 1. The Morgan fingerprint density at radius 2 is 2.17 bits per heavy atom. The van der Waals surface area contributed by atoms with Crippen LogP contribution in [0.1, 0.15) is 15.9 Å². The Morgan fingerprint density at radius 3 is 2.89 bits per heavy atom. The minimum absolute atomic E-state index is 0.374. The molecule has 0 radical (unpaired) electrons. The maximum absolute atomic E-state index is 11.0. The second-order valence-electron chi connectivity index (χ2n) is 3.64. The van der Waals surface area contributed by atoms with Gasteiger partial charge >= 0.3 is 0 Å². The Balaban J connectivity index is 2.06. The molecule has 3 N–H and O–H groups in total. The number of nitrogens with one attached hydrogen (secondary N) is 1. The average molecular weight is 263 g/mol. The lowest BCUT2D eigenvalue weighted by Gasteiger charge is -2.06. The molecule has 0 spiro atoms. The summed E-state index contributed by atoms with van der Waals surface area (Å²) >= 11 is 5.74. The molecule has 0 aliphatic heterocycles. The van der Waals surface area contributed by atoms with Gasteiger partial charge in [-0.1, -0.05) is 23.7 Å². The number of rotatable bonds is 4. The lowest BCUT2D eigenvalue weighted by Crippen LogP contribution is -2.11. The van der Waals surface area contributed by atoms with Gasteiger partial charge in [-0.3, -0.25) is 4.79 Å². The van der Waals surface area contributed by atoms with Crippen molar-refractivity contribution in [3.05, 3.63) is 52.9 Å². The predicted octanol–water partition coefficient (Wildman–Crippen LogP) is 1.84. The Kier molecular flexibility index (Phi) is 3.74. The molecule has 1 heterocycles. The molecule has 2 aromatic rings. The third-order valence-corrected chi connectivity index (χ3v) is 2.53. The fourth-order valence-corrected chi connectivity index (χ4v) is 1.60. The number of hydrogen-bond acceptors (Lipinski definition) is 4. The predicted molar refractivity (Wildman–Crippen MR) is 69.3 cm³/mol. The topological polar surface area (TPSA) is 80.9 Å². The van der Waals surface area contributed by atoms with Crippen molar-refractivity contribution < 1.29 is 4.79 Å². The van der Waals surface area contributed by atoms with Crippen molar-refractivity contribution in [3.8, 4) is 0 Å². The van der Waals surface area contributed by atoms with E-state index in [1.54, 1.807) is 24.3 Å². The van der Waals surface area contributed by atoms with E-state index in [0.29, 0.717) is 23.1 Å². The van der Waals surface area contributed by atoms with Crippen molar-refractivity contribution in [3.63, 3.8) is 0 Å². The molecule has 92 valence electrons. The van der Waals surface area contributed by atoms with E-state index in [9.17, 15) is 4.79 Å². The van der Waals surface area contributed by atoms with Crippen LogP contribution >= 0.6 is 11.6 Å². The van der Waals surface area contributed by atoms with Crippen molar-refractivity contribution in [1.29, 1.82) is 0 Å². The van der Waals surface area contributed by atoms with Gasteiger partial charge < -0.3 is 11.1 Å². The number of anilines is 1. The molecule has 1 aromatic heterocycles. The number of carbonyl (C=O) groups is 1. The molecule has 0 saturated carbocycles. The van der Waals surface area contributed by atoms with Crippen LogP contribution in [0.3, 0.4) is 0 Å². The van der Waals surface area contributed by atoms with Crippen molar-refractivity contribution in [1.82, 2.24) is 9.97 Å². The fraction of sp³-hybridized carbons (Fsp3) is 0.0833. The summed E-state index contributed by atoms with van der Waals surface area (Å²) in [6, 6.07) is 8.71. The first-order valence-electron chi connectivity index (χ1n) is 5.25. The minimum atomic E-state index is -0.443. The molecule has 0 aliphatic carbocycles. The zero-order valence-corrected chi connectivity index (χ0v) is 10.2. The van der Waals surface area contributed by atoms with Crippen LogP contribution in [0, 0.1) is 0 Å². The number of nitrogens with zero attached hydrogens (tertiary/aromatic N) is 2. The van der Waals surface area contributed by atoms with Crippen molar-refractivity contribution >= 4 is 23.3 Å². The smallest absolute Gasteiger partial charge is 0.248 e. The molecule has 5 nitrogen and oxygen atoms in total. The van der Waals surface area contributed by atoms with Crippen LogP contribution in [0.5, 0.6) is 0 Å². The summed E-state index contributed by atoms with van der Waals surface area (Å²) in [5.74, 6) is 0.182. The Bertz CT molecular complexity index is 574. The monoisotopic (exact) mass is 262 g/mol. The van der Waals surface area contributed by atoms with Gasteiger partial charge in [-0.2, -0.15) is 0 Å². The largest absolute Gasteiger partial charge is 0.366 e. The SMILES string of the molecule is NC(=O)c1cccc(CNc2cc(Cl)ncn2)c1. The molecular weight excluding hydrogens is 252 g/mol. The van der Waals surface area contributed by atoms with Gasteiger partial charge in [-0.15, -0.1) is 0 Å². The molecule has 1 amide bonds. The minimum Gasteiger partial charge on any atom is -0.366 e. The molecule has 6 heteroatoms. The molecule has 2 rings (SSSR count). The Hall–Kier alpha value is -2.14. The van der Waals surface area contributed by atoms with E-state index in [1.165, 1.54) is 6.33 Å².